The zero-order valence-corrected chi connectivity index (χ0v) is 86.1. The number of rotatable bonds is 43. The number of carboxylic acid groups (broad SMARTS) is 1. The summed E-state index contributed by atoms with van der Waals surface area (Å²) in [5, 5.41) is 38.0. The van der Waals surface area contributed by atoms with Crippen LogP contribution in [0.5, 0.6) is 17.2 Å². The molecule has 0 saturated carbocycles. The van der Waals surface area contributed by atoms with Crippen molar-refractivity contribution >= 4 is 93.4 Å². The van der Waals surface area contributed by atoms with Crippen molar-refractivity contribution in [2.45, 2.75) is 245 Å². The fraction of sp³-hybridized carbons (Fsp3) is 0.434. The summed E-state index contributed by atoms with van der Waals surface area (Å²) >= 11 is 3.30. The highest BCUT2D eigenvalue weighted by atomic mass is 32.1. The van der Waals surface area contributed by atoms with Crippen LogP contribution in [0.25, 0.3) is 20.9 Å². The van der Waals surface area contributed by atoms with Crippen molar-refractivity contribution in [1.82, 2.24) is 50.6 Å². The maximum Gasteiger partial charge on any atom is 0.305 e. The highest BCUT2D eigenvalue weighted by Crippen LogP contribution is 2.40. The van der Waals surface area contributed by atoms with E-state index in [1.807, 2.05) is 85.0 Å². The Morgan fingerprint density at radius 1 is 0.531 bits per heavy atom. The first kappa shape index (κ1) is 114. The molecule has 4 aromatic carbocycles. The number of ether oxygens (including phenoxy) is 6. The maximum absolute atomic E-state index is 13.3. The van der Waals surface area contributed by atoms with Gasteiger partial charge >= 0.3 is 5.97 Å². The minimum atomic E-state index is -1.08. The monoisotopic (exact) mass is 2040 g/mol. The number of nitrogens with two attached hydrogens (primary N) is 2. The number of fused-ring (bicyclic) bond motifs is 2. The number of aliphatic hydroxyl groups is 2. The Kier molecular flexibility index (Phi) is 47.6. The van der Waals surface area contributed by atoms with Crippen LogP contribution in [0.3, 0.4) is 0 Å². The molecule has 0 spiro atoms. The highest BCUT2D eigenvalue weighted by molar-refractivity contribution is 7.15. The normalized spacial score (nSPS) is 14.7. The number of carbonyl (C=O) groups excluding carboxylic acids is 9. The van der Waals surface area contributed by atoms with Gasteiger partial charge in [-0.15, -0.1) is 22.7 Å². The van der Waals surface area contributed by atoms with Gasteiger partial charge in [-0.1, -0.05) is 143 Å². The predicted octanol–water partition coefficient (Wildman–Crippen LogP) is 15.1. The number of pyridine rings is 2. The number of imide groups is 4. The van der Waals surface area contributed by atoms with Gasteiger partial charge in [-0.3, -0.25) is 72.8 Å². The van der Waals surface area contributed by atoms with Gasteiger partial charge in [0.1, 0.15) is 42.2 Å². The van der Waals surface area contributed by atoms with E-state index in [9.17, 15) is 62.5 Å². The number of benzene rings is 4. The predicted molar refractivity (Wildman–Crippen MR) is 560 cm³/mol. The second-order valence-electron chi connectivity index (χ2n) is 35.9. The Balaban J connectivity index is 0.000000249. The molecule has 3 fully saturated rings. The highest BCUT2D eigenvalue weighted by Gasteiger charge is 2.48. The quantitative estimate of drug-likeness (QED) is 0.00999. The molecule has 5 aliphatic heterocycles. The van der Waals surface area contributed by atoms with Crippen LogP contribution in [-0.4, -0.2) is 206 Å². The van der Waals surface area contributed by atoms with Crippen LogP contribution >= 0.6 is 22.7 Å². The van der Waals surface area contributed by atoms with Crippen LogP contribution in [0, 0.1) is 82.9 Å². The summed E-state index contributed by atoms with van der Waals surface area (Å²) in [5.41, 5.74) is 16.9. The van der Waals surface area contributed by atoms with Crippen molar-refractivity contribution < 1.29 is 97.4 Å². The molecular weight excluding hydrogens is 1910 g/mol. The van der Waals surface area contributed by atoms with E-state index in [0.29, 0.717) is 99.5 Å². The first-order valence-corrected chi connectivity index (χ1v) is 50.7. The average Bonchev–Trinajstić information content (AvgIpc) is 1.60. The van der Waals surface area contributed by atoms with Gasteiger partial charge in [0.15, 0.2) is 23.1 Å². The van der Waals surface area contributed by atoms with E-state index in [1.165, 1.54) is 0 Å². The molecule has 34 heteroatoms. The molecule has 8 aromatic rings. The molecule has 10 N–H and O–H groups in total. The number of alkyl halides is 1. The number of anilines is 2. The van der Waals surface area contributed by atoms with Crippen molar-refractivity contribution in [3.63, 3.8) is 0 Å². The van der Waals surface area contributed by atoms with Crippen LogP contribution in [0.1, 0.15) is 282 Å². The number of hydrogen-bond acceptors (Lipinski definition) is 27. The van der Waals surface area contributed by atoms with Gasteiger partial charge < -0.3 is 65.4 Å². The van der Waals surface area contributed by atoms with E-state index in [-0.39, 0.29) is 86.0 Å². The van der Waals surface area contributed by atoms with Gasteiger partial charge in [0, 0.05) is 105 Å². The van der Waals surface area contributed by atoms with Gasteiger partial charge in [0.05, 0.1) is 89.8 Å². The lowest BCUT2D eigenvalue weighted by molar-refractivity contribution is -0.139. The van der Waals surface area contributed by atoms with E-state index < -0.39 is 83.7 Å². The number of carbonyl (C=O) groups is 10. The van der Waals surface area contributed by atoms with E-state index in [4.69, 9.17) is 51.3 Å². The molecule has 0 radical (unpaired) electrons. The summed E-state index contributed by atoms with van der Waals surface area (Å²) in [6.07, 6.45) is 23.7. The molecule has 3 unspecified atom stereocenters. The first-order valence-electron chi connectivity index (χ1n) is 49.8. The largest absolute Gasteiger partial charge is 0.493 e. The van der Waals surface area contributed by atoms with E-state index in [0.717, 1.165) is 172 Å². The van der Waals surface area contributed by atoms with Crippen molar-refractivity contribution in [2.75, 3.05) is 84.9 Å². The summed E-state index contributed by atoms with van der Waals surface area (Å²) < 4.78 is 50.4. The fourth-order valence-electron chi connectivity index (χ4n) is 15.8. The third-order valence-corrected chi connectivity index (χ3v) is 25.8. The second kappa shape index (κ2) is 61.1. The number of nitrogens with zero attached hydrogens (tertiary/aromatic N) is 7. The standard InChI is InChI=1S/C50H58N6O9S.C25H30N4O2S.C25H32N2O8.C12H6.CH3F/c1-50(2,62)21-17-33-11-9-12-34(27-33)31-65-40-28-37(29-52-45(40)51)41-30-53-47(66-41)35-18-22-55(23-19-35)43(58)20-26-63-24-7-5-3-4-6-8-25-64-32-36-13-10-14-38-44(36)49(61)56(48(38)60)39-15-16-42(57)54-46(39)59;1-17(9-11-27-4)24-29-15-22(32-24)20-13-21(23(26)28-14-20)31-16-19-7-5-6-18(12-19)8-10-25(2,3)30;28-20-12-11-18(23(31)26-20)27-24(32)17-9-8-10-19(22(17)25(27)33)35-15-7-5-3-1-2-4-6-14-34-16-13-21(29)30;1-3-5-7-9-11-12-10-8-6-4-2;1-2/h9-14,27-30,35,39,62H,3-8,15-16,18-20,22-26,31-32H2,1-2H3,(H2,51,52)(H,54,57,59);5-7,12-15,17,27,30H,9,11,16H2,1-4H3,(H2,26,28);8-10,18H,1-7,11-16H2,(H,29,30)(H,26,28,31);1-2H3;1H3/i;;;;1D. The van der Waals surface area contributed by atoms with Gasteiger partial charge in [-0.25, -0.2) is 19.9 Å². The van der Waals surface area contributed by atoms with Crippen LogP contribution in [0.15, 0.2) is 122 Å². The fourth-order valence-corrected chi connectivity index (χ4v) is 17.8. The SMILES string of the molecule is CC#CC#CC#CC#CC#CC.CC(C)(O)C#Cc1cccc(COc2cc(-c3cnc(C4CCN(C(=O)CCOCCCCCCCCOCc5cccc6c5C(=O)N(C5CCC(=O)NC5=O)C6=O)CC4)s3)cnc2N)c1.CNCCC(C)c1ncc(-c2cnc(N)c(OCc3cccc(C#CC(C)(C)O)c3)c2)s1.O=C(O)CCOCCCCCCCCCOc1cccc2c1C(=O)N(C1CCC(=O)NC1=O)C2=O.[2H]CF. The van der Waals surface area contributed by atoms with Gasteiger partial charge in [0.2, 0.25) is 29.5 Å². The number of thiazole rings is 2. The molecule has 3 saturated heterocycles. The number of carboxylic acids is 1. The lowest BCUT2D eigenvalue weighted by Gasteiger charge is -2.31. The van der Waals surface area contributed by atoms with E-state index in [2.05, 4.69) is 121 Å². The van der Waals surface area contributed by atoms with Crippen LogP contribution in [0.4, 0.5) is 16.0 Å². The summed E-state index contributed by atoms with van der Waals surface area (Å²) in [5.74, 6) is 34.9. The number of likely N-dealkylation sites (tertiary alicyclic amines) is 1. The smallest absolute Gasteiger partial charge is 0.305 e. The molecule has 147 heavy (non-hydrogen) atoms. The van der Waals surface area contributed by atoms with Crippen LogP contribution in [0.2, 0.25) is 0 Å². The van der Waals surface area contributed by atoms with E-state index in [1.54, 1.807) is 113 Å². The molecule has 0 aliphatic carbocycles. The molecule has 5 aliphatic rings. The molecule has 13 rings (SSSR count). The van der Waals surface area contributed by atoms with Crippen molar-refractivity contribution in [2.24, 2.45) is 0 Å². The minimum absolute atomic E-state index is 0.0381. The Morgan fingerprint density at radius 3 is 1.47 bits per heavy atom. The van der Waals surface area contributed by atoms with Gasteiger partial charge in [0.25, 0.3) is 23.6 Å². The number of unbranched alkanes of at least 4 members (excludes halogenated alkanes) is 11. The first-order chi connectivity index (χ1) is 71.3. The lowest BCUT2D eigenvalue weighted by Crippen LogP contribution is -2.54. The number of halogens is 1. The van der Waals surface area contributed by atoms with Crippen LogP contribution < -0.4 is 41.6 Å². The van der Waals surface area contributed by atoms with Gasteiger partial charge in [-0.2, -0.15) is 0 Å². The molecule has 31 nitrogen and oxygen atoms in total. The third kappa shape index (κ3) is 38.2. The Bertz CT molecular complexity index is 6360. The molecular formula is C113H129FN12O19S2. The molecule has 774 valence electrons. The van der Waals surface area contributed by atoms with E-state index >= 15 is 0 Å². The van der Waals surface area contributed by atoms with Crippen LogP contribution in [-0.2, 0) is 62.8 Å². The Hall–Kier alpha value is -14.5. The zero-order valence-electron chi connectivity index (χ0n) is 85.5. The summed E-state index contributed by atoms with van der Waals surface area (Å²) in [6, 6.07) is 27.1. The number of amides is 9. The summed E-state index contributed by atoms with van der Waals surface area (Å²) in [6.45, 7) is 18.2. The number of nitrogens with one attached hydrogen (secondary N) is 3. The number of hydrogen-bond donors (Lipinski definition) is 8. The molecule has 4 aromatic heterocycles. The second-order valence-corrected chi connectivity index (χ2v) is 38.0. The number of nitrogen functional groups attached to an aromatic ring is 2. The number of aromatic nitrogens is 4. The Labute approximate surface area is 868 Å². The topological polar surface area (TPSA) is 436 Å². The molecule has 0 bridgehead atoms. The summed E-state index contributed by atoms with van der Waals surface area (Å²) in [4.78, 5) is 147. The number of piperidine rings is 3. The zero-order chi connectivity index (χ0) is 107. The lowest BCUT2D eigenvalue weighted by atomic mass is 9.97. The Morgan fingerprint density at radius 2 is 0.980 bits per heavy atom. The molecule has 3 atom stereocenters. The summed E-state index contributed by atoms with van der Waals surface area (Å²) in [7, 11) is 0.959. The maximum atomic E-state index is 13.3. The molecule has 9 amide bonds. The minimum Gasteiger partial charge on any atom is -0.493 e. The van der Waals surface area contributed by atoms with Crippen molar-refractivity contribution in [3.8, 4) is 121 Å². The number of aliphatic carboxylic acids is 1. The van der Waals surface area contributed by atoms with Gasteiger partial charge in [-0.05, 0) is 232 Å². The van der Waals surface area contributed by atoms with Crippen molar-refractivity contribution in [3.05, 3.63) is 182 Å². The van der Waals surface area contributed by atoms with Crippen molar-refractivity contribution in [1.29, 1.82) is 0 Å². The average molecular weight is 2040 g/mol. The molecule has 9 heterocycles. The third-order valence-electron chi connectivity index (χ3n) is 23.4.